The van der Waals surface area contributed by atoms with Crippen molar-refractivity contribution in [2.45, 2.75) is 6.92 Å². The Hall–Kier alpha value is -4.53. The number of rotatable bonds is 7. The standard InChI is InChI=1S/C24H21FN4O4/c1-16-4-2-6-20(12-16)27-22(30)15-33-21-7-3-5-17(13-21)14-26-29-24(32)23(31)28-19-10-8-18(25)9-11-19/h2-14H,15H2,1H3,(H,27,30)(H,28,31)(H,29,32)/b26-14-. The van der Waals surface area contributed by atoms with Crippen molar-refractivity contribution in [2.24, 2.45) is 5.10 Å². The van der Waals surface area contributed by atoms with Crippen molar-refractivity contribution in [3.05, 3.63) is 89.7 Å². The molecule has 0 aliphatic heterocycles. The fourth-order valence-corrected chi connectivity index (χ4v) is 2.69. The zero-order valence-electron chi connectivity index (χ0n) is 17.7. The summed E-state index contributed by atoms with van der Waals surface area (Å²) >= 11 is 0. The molecular weight excluding hydrogens is 427 g/mol. The minimum Gasteiger partial charge on any atom is -0.484 e. The second-order valence-corrected chi connectivity index (χ2v) is 6.94. The van der Waals surface area contributed by atoms with E-state index in [0.29, 0.717) is 17.0 Å². The predicted octanol–water partition coefficient (Wildman–Crippen LogP) is 3.24. The maximum Gasteiger partial charge on any atom is 0.329 e. The van der Waals surface area contributed by atoms with Gasteiger partial charge in [0.25, 0.3) is 5.91 Å². The molecule has 8 nitrogen and oxygen atoms in total. The average molecular weight is 448 g/mol. The number of benzene rings is 3. The van der Waals surface area contributed by atoms with Gasteiger partial charge in [0, 0.05) is 11.4 Å². The van der Waals surface area contributed by atoms with E-state index in [9.17, 15) is 18.8 Å². The van der Waals surface area contributed by atoms with Crippen LogP contribution in [-0.2, 0) is 14.4 Å². The van der Waals surface area contributed by atoms with Gasteiger partial charge in [-0.2, -0.15) is 5.10 Å². The van der Waals surface area contributed by atoms with E-state index in [-0.39, 0.29) is 18.2 Å². The van der Waals surface area contributed by atoms with Crippen LogP contribution in [0, 0.1) is 12.7 Å². The lowest BCUT2D eigenvalue weighted by atomic mass is 10.2. The van der Waals surface area contributed by atoms with Gasteiger partial charge in [-0.1, -0.05) is 24.3 Å². The molecule has 0 spiro atoms. The van der Waals surface area contributed by atoms with Gasteiger partial charge in [0.15, 0.2) is 6.61 Å². The van der Waals surface area contributed by atoms with E-state index in [2.05, 4.69) is 21.2 Å². The van der Waals surface area contributed by atoms with Crippen molar-refractivity contribution in [3.63, 3.8) is 0 Å². The van der Waals surface area contributed by atoms with Crippen LogP contribution in [0.3, 0.4) is 0 Å². The van der Waals surface area contributed by atoms with Crippen molar-refractivity contribution in [2.75, 3.05) is 17.2 Å². The first kappa shape index (κ1) is 23.1. The minimum absolute atomic E-state index is 0.186. The van der Waals surface area contributed by atoms with Gasteiger partial charge in [-0.05, 0) is 66.6 Å². The highest BCUT2D eigenvalue weighted by molar-refractivity contribution is 6.39. The predicted molar refractivity (Wildman–Crippen MR) is 123 cm³/mol. The summed E-state index contributed by atoms with van der Waals surface area (Å²) in [5.74, 6) is -2.27. The first-order valence-electron chi connectivity index (χ1n) is 9.88. The normalized spacial score (nSPS) is 10.5. The summed E-state index contributed by atoms with van der Waals surface area (Å²) in [5, 5.41) is 8.81. The molecule has 0 fully saturated rings. The van der Waals surface area contributed by atoms with Gasteiger partial charge in [-0.3, -0.25) is 14.4 Å². The second kappa shape index (κ2) is 11.2. The van der Waals surface area contributed by atoms with Gasteiger partial charge in [0.2, 0.25) is 0 Å². The van der Waals surface area contributed by atoms with Crippen molar-refractivity contribution >= 4 is 35.3 Å². The third-order valence-electron chi connectivity index (χ3n) is 4.22. The molecule has 0 aromatic heterocycles. The molecule has 3 N–H and O–H groups in total. The molecule has 0 atom stereocenters. The Morgan fingerprint density at radius 1 is 0.909 bits per heavy atom. The number of amides is 3. The monoisotopic (exact) mass is 448 g/mol. The third-order valence-corrected chi connectivity index (χ3v) is 4.22. The molecule has 0 radical (unpaired) electrons. The van der Waals surface area contributed by atoms with Crippen LogP contribution >= 0.6 is 0 Å². The highest BCUT2D eigenvalue weighted by Gasteiger charge is 2.12. The number of halogens is 1. The molecule has 33 heavy (non-hydrogen) atoms. The molecule has 0 saturated heterocycles. The molecule has 0 saturated carbocycles. The SMILES string of the molecule is Cc1cccc(NC(=O)COc2cccc(/C=N\NC(=O)C(=O)Nc3ccc(F)cc3)c2)c1. The van der Waals surface area contributed by atoms with Gasteiger partial charge in [-0.15, -0.1) is 0 Å². The number of hydrogen-bond acceptors (Lipinski definition) is 5. The smallest absolute Gasteiger partial charge is 0.329 e. The molecule has 3 aromatic carbocycles. The van der Waals surface area contributed by atoms with Crippen molar-refractivity contribution in [1.29, 1.82) is 0 Å². The molecule has 3 aromatic rings. The fraction of sp³-hybridized carbons (Fsp3) is 0.0833. The van der Waals surface area contributed by atoms with Gasteiger partial charge in [-0.25, -0.2) is 9.82 Å². The van der Waals surface area contributed by atoms with E-state index in [4.69, 9.17) is 4.74 Å². The lowest BCUT2D eigenvalue weighted by Gasteiger charge is -2.08. The van der Waals surface area contributed by atoms with E-state index in [0.717, 1.165) is 17.7 Å². The van der Waals surface area contributed by atoms with Crippen LogP contribution in [0.15, 0.2) is 77.9 Å². The molecule has 9 heteroatoms. The van der Waals surface area contributed by atoms with E-state index in [1.807, 2.05) is 25.1 Å². The molecule has 0 aliphatic rings. The van der Waals surface area contributed by atoms with Crippen LogP contribution in [0.2, 0.25) is 0 Å². The number of hydrogen-bond donors (Lipinski definition) is 3. The zero-order valence-corrected chi connectivity index (χ0v) is 17.7. The molecule has 0 bridgehead atoms. The minimum atomic E-state index is -0.990. The number of aryl methyl sites for hydroxylation is 1. The van der Waals surface area contributed by atoms with Gasteiger partial charge >= 0.3 is 11.8 Å². The molecule has 0 unspecified atom stereocenters. The highest BCUT2D eigenvalue weighted by atomic mass is 19.1. The summed E-state index contributed by atoms with van der Waals surface area (Å²) in [6.45, 7) is 1.74. The van der Waals surface area contributed by atoms with Gasteiger partial charge in [0.1, 0.15) is 11.6 Å². The Morgan fingerprint density at radius 3 is 2.42 bits per heavy atom. The zero-order chi connectivity index (χ0) is 23.6. The molecular formula is C24H21FN4O4. The first-order chi connectivity index (χ1) is 15.9. The molecule has 3 amide bonds. The fourth-order valence-electron chi connectivity index (χ4n) is 2.69. The van der Waals surface area contributed by atoms with Crippen LogP contribution in [0.4, 0.5) is 15.8 Å². The quantitative estimate of drug-likeness (QED) is 0.293. The lowest BCUT2D eigenvalue weighted by Crippen LogP contribution is -2.32. The summed E-state index contributed by atoms with van der Waals surface area (Å²) in [7, 11) is 0. The van der Waals surface area contributed by atoms with Crippen molar-refractivity contribution in [1.82, 2.24) is 5.43 Å². The van der Waals surface area contributed by atoms with Crippen molar-refractivity contribution in [3.8, 4) is 5.75 Å². The van der Waals surface area contributed by atoms with E-state index >= 15 is 0 Å². The van der Waals surface area contributed by atoms with Crippen LogP contribution in [0.1, 0.15) is 11.1 Å². The highest BCUT2D eigenvalue weighted by Crippen LogP contribution is 2.13. The Balaban J connectivity index is 1.47. The van der Waals surface area contributed by atoms with Crippen LogP contribution < -0.4 is 20.8 Å². The summed E-state index contributed by atoms with van der Waals surface area (Å²) in [6.07, 6.45) is 1.32. The summed E-state index contributed by atoms with van der Waals surface area (Å²) in [6, 6.07) is 19.1. The van der Waals surface area contributed by atoms with E-state index < -0.39 is 17.6 Å². The molecule has 168 valence electrons. The first-order valence-corrected chi connectivity index (χ1v) is 9.88. The average Bonchev–Trinajstić information content (AvgIpc) is 2.79. The summed E-state index contributed by atoms with van der Waals surface area (Å²) < 4.78 is 18.4. The Kier molecular flexibility index (Phi) is 7.85. The lowest BCUT2D eigenvalue weighted by molar-refractivity contribution is -0.136. The number of carbonyl (C=O) groups excluding carboxylic acids is 3. The topological polar surface area (TPSA) is 109 Å². The summed E-state index contributed by atoms with van der Waals surface area (Å²) in [4.78, 5) is 35.8. The second-order valence-electron chi connectivity index (χ2n) is 6.94. The molecule has 3 rings (SSSR count). The Bertz CT molecular complexity index is 1180. The Morgan fingerprint density at radius 2 is 1.67 bits per heavy atom. The molecule has 0 aliphatic carbocycles. The molecule has 0 heterocycles. The van der Waals surface area contributed by atoms with Crippen molar-refractivity contribution < 1.29 is 23.5 Å². The van der Waals surface area contributed by atoms with Crippen LogP contribution in [0.5, 0.6) is 5.75 Å². The van der Waals surface area contributed by atoms with Gasteiger partial charge in [0.05, 0.1) is 6.21 Å². The number of nitrogens with zero attached hydrogens (tertiary/aromatic N) is 1. The number of ether oxygens (including phenoxy) is 1. The maximum absolute atomic E-state index is 12.9. The summed E-state index contributed by atoms with van der Waals surface area (Å²) in [5.41, 5.74) is 4.67. The maximum atomic E-state index is 12.9. The number of nitrogens with one attached hydrogen (secondary N) is 3. The van der Waals surface area contributed by atoms with E-state index in [1.54, 1.807) is 30.3 Å². The number of hydrazone groups is 1. The van der Waals surface area contributed by atoms with Gasteiger partial charge < -0.3 is 15.4 Å². The largest absolute Gasteiger partial charge is 0.484 e. The number of carbonyl (C=O) groups is 3. The van der Waals surface area contributed by atoms with E-state index in [1.165, 1.54) is 18.3 Å². The number of anilines is 2. The van der Waals surface area contributed by atoms with Crippen LogP contribution in [-0.4, -0.2) is 30.5 Å². The third kappa shape index (κ3) is 7.59. The van der Waals surface area contributed by atoms with Crippen LogP contribution in [0.25, 0.3) is 0 Å². The Labute approximate surface area is 189 Å².